The standard InChI is InChI=1S/C58H51BN2OS/c1-55(2)24-25-56(3,4)42-28-33(21-23-41(42)55)60-45-30-39-35-16-11-12-19-47(35)63-53(39)48-38-18-13-17-36-37-22-20-32-14-9-10-15-34(32)50(37)61(51(36)38)59(49(45)48)54-52(60)40-29-43-44(31-46(40)62-54)58(7,8)27-26-57(43,5)6/h9-23,28-31H,24-27H2,1-8H3. The fourth-order valence-electron chi connectivity index (χ4n) is 13.0. The minimum Gasteiger partial charge on any atom is -0.466 e. The number of furan rings is 1. The Bertz CT molecular complexity index is 3720. The molecule has 10 aromatic rings. The van der Waals surface area contributed by atoms with E-state index in [-0.39, 0.29) is 28.5 Å². The van der Waals surface area contributed by atoms with Crippen LogP contribution >= 0.6 is 11.3 Å². The Morgan fingerprint density at radius 3 is 1.97 bits per heavy atom. The van der Waals surface area contributed by atoms with E-state index in [1.165, 1.54) is 127 Å². The Hall–Kier alpha value is -5.78. The van der Waals surface area contributed by atoms with Crippen molar-refractivity contribution in [2.75, 3.05) is 4.90 Å². The second kappa shape index (κ2) is 11.7. The largest absolute Gasteiger partial charge is 0.466 e. The lowest BCUT2D eigenvalue weighted by Gasteiger charge is -2.43. The number of aromatic nitrogens is 1. The molecule has 5 heteroatoms. The maximum Gasteiger partial charge on any atom is 0.376 e. The van der Waals surface area contributed by atoms with Gasteiger partial charge in [-0.15, -0.1) is 11.3 Å². The van der Waals surface area contributed by atoms with Crippen LogP contribution in [0.15, 0.2) is 120 Å². The van der Waals surface area contributed by atoms with E-state index in [1.807, 2.05) is 11.3 Å². The maximum absolute atomic E-state index is 7.69. The molecule has 0 saturated heterocycles. The van der Waals surface area contributed by atoms with Crippen molar-refractivity contribution in [2.45, 2.75) is 103 Å². The number of thiophene rings is 1. The molecule has 3 aromatic heterocycles. The molecule has 0 spiro atoms. The van der Waals surface area contributed by atoms with Crippen molar-refractivity contribution in [3.8, 4) is 11.1 Å². The van der Waals surface area contributed by atoms with Crippen LogP contribution in [0.2, 0.25) is 0 Å². The molecule has 0 amide bonds. The summed E-state index contributed by atoms with van der Waals surface area (Å²) in [6.45, 7) is 19.4. The number of para-hydroxylation sites is 1. The topological polar surface area (TPSA) is 21.3 Å². The van der Waals surface area contributed by atoms with Gasteiger partial charge in [0, 0.05) is 75.3 Å². The third-order valence-electron chi connectivity index (χ3n) is 16.7. The Labute approximate surface area is 373 Å². The second-order valence-corrected chi connectivity index (χ2v) is 23.2. The van der Waals surface area contributed by atoms with Crippen molar-refractivity contribution in [1.29, 1.82) is 0 Å². The molecule has 0 radical (unpaired) electrons. The van der Waals surface area contributed by atoms with Crippen LogP contribution in [-0.4, -0.2) is 11.3 Å². The summed E-state index contributed by atoms with van der Waals surface area (Å²) < 4.78 is 13.1. The van der Waals surface area contributed by atoms with E-state index in [0.717, 1.165) is 24.1 Å². The van der Waals surface area contributed by atoms with Gasteiger partial charge in [-0.25, -0.2) is 0 Å². The van der Waals surface area contributed by atoms with Gasteiger partial charge >= 0.3 is 6.85 Å². The molecule has 5 heterocycles. The highest BCUT2D eigenvalue weighted by Gasteiger charge is 2.49. The molecule has 0 bridgehead atoms. The summed E-state index contributed by atoms with van der Waals surface area (Å²) in [6.07, 6.45) is 4.67. The zero-order chi connectivity index (χ0) is 42.7. The molecule has 7 aromatic carbocycles. The third-order valence-corrected chi connectivity index (χ3v) is 17.9. The number of hydrogen-bond acceptors (Lipinski definition) is 3. The van der Waals surface area contributed by atoms with Crippen molar-refractivity contribution in [3.05, 3.63) is 138 Å². The lowest BCUT2D eigenvalue weighted by atomic mass is 9.47. The Balaban J connectivity index is 1.20. The van der Waals surface area contributed by atoms with Crippen molar-refractivity contribution in [3.63, 3.8) is 0 Å². The van der Waals surface area contributed by atoms with Crippen molar-refractivity contribution in [2.24, 2.45) is 0 Å². The second-order valence-electron chi connectivity index (χ2n) is 22.1. The number of hydrogen-bond donors (Lipinski definition) is 0. The van der Waals surface area contributed by atoms with Crippen LogP contribution in [0.25, 0.3) is 74.8 Å². The smallest absolute Gasteiger partial charge is 0.376 e. The number of fused-ring (bicyclic) bond motifs is 17. The van der Waals surface area contributed by atoms with Gasteiger partial charge in [0.05, 0.1) is 5.69 Å². The molecule has 0 unspecified atom stereocenters. The fraction of sp³-hybridized carbons (Fsp3) is 0.276. The summed E-state index contributed by atoms with van der Waals surface area (Å²) >= 11 is 1.95. The molecule has 0 N–H and O–H groups in total. The van der Waals surface area contributed by atoms with Gasteiger partial charge in [0.1, 0.15) is 11.2 Å². The molecular formula is C58H51BN2OS. The first kappa shape index (κ1) is 36.7. The molecule has 0 saturated carbocycles. The molecule has 0 atom stereocenters. The number of benzene rings is 7. The Morgan fingerprint density at radius 2 is 1.19 bits per heavy atom. The van der Waals surface area contributed by atoms with Crippen LogP contribution in [0.4, 0.5) is 17.1 Å². The van der Waals surface area contributed by atoms with E-state index in [0.29, 0.717) is 0 Å². The number of rotatable bonds is 1. The monoisotopic (exact) mass is 834 g/mol. The summed E-state index contributed by atoms with van der Waals surface area (Å²) in [5.41, 5.74) is 18.4. The predicted octanol–water partition coefficient (Wildman–Crippen LogP) is 15.2. The summed E-state index contributed by atoms with van der Waals surface area (Å²) in [7, 11) is 0. The van der Waals surface area contributed by atoms with Gasteiger partial charge in [0.25, 0.3) is 0 Å². The van der Waals surface area contributed by atoms with Crippen molar-refractivity contribution in [1.82, 2.24) is 4.48 Å². The van der Waals surface area contributed by atoms with Crippen LogP contribution in [0.3, 0.4) is 0 Å². The SMILES string of the molecule is CC1(C)CCC(C)(C)c2cc(N3c4cc5c(sc6ccccc65)c5c4B(c4oc6cc7c(cc6c43)C(C)(C)CCC7(C)C)n3c4c-5cccc4c4ccc5ccccc5c43)ccc21. The minimum absolute atomic E-state index is 0.0441. The van der Waals surface area contributed by atoms with E-state index in [4.69, 9.17) is 4.42 Å². The van der Waals surface area contributed by atoms with Crippen LogP contribution in [0.1, 0.15) is 103 Å². The summed E-state index contributed by atoms with van der Waals surface area (Å²) in [4.78, 5) is 2.66. The van der Waals surface area contributed by atoms with Gasteiger partial charge in [-0.3, -0.25) is 0 Å². The minimum atomic E-state index is -0.185. The normalized spacial score (nSPS) is 18.7. The lowest BCUT2D eigenvalue weighted by molar-refractivity contribution is 0.332. The van der Waals surface area contributed by atoms with Gasteiger partial charge in [-0.2, -0.15) is 0 Å². The highest BCUT2D eigenvalue weighted by Crippen LogP contribution is 2.55. The molecule has 63 heavy (non-hydrogen) atoms. The van der Waals surface area contributed by atoms with E-state index in [1.54, 1.807) is 0 Å². The van der Waals surface area contributed by atoms with Gasteiger partial charge in [-0.1, -0.05) is 134 Å². The highest BCUT2D eigenvalue weighted by molar-refractivity contribution is 7.26. The molecule has 0 fully saturated rings. The predicted molar refractivity (Wildman–Crippen MR) is 271 cm³/mol. The molecule has 3 nitrogen and oxygen atoms in total. The van der Waals surface area contributed by atoms with Gasteiger partial charge in [0.15, 0.2) is 0 Å². The van der Waals surface area contributed by atoms with E-state index in [2.05, 4.69) is 180 Å². The molecule has 308 valence electrons. The van der Waals surface area contributed by atoms with Gasteiger partial charge in [0.2, 0.25) is 0 Å². The first-order chi connectivity index (χ1) is 30.2. The number of anilines is 3. The zero-order valence-corrected chi connectivity index (χ0v) is 38.4. The number of nitrogens with zero attached hydrogens (tertiary/aromatic N) is 2. The Kier molecular flexibility index (Phi) is 6.79. The van der Waals surface area contributed by atoms with Crippen LogP contribution in [0.5, 0.6) is 0 Å². The molecule has 2 aliphatic heterocycles. The van der Waals surface area contributed by atoms with Crippen molar-refractivity contribution < 1.29 is 4.42 Å². The molecule has 4 aliphatic rings. The van der Waals surface area contributed by atoms with Crippen LogP contribution in [-0.2, 0) is 21.7 Å². The molecule has 2 aliphatic carbocycles. The zero-order valence-electron chi connectivity index (χ0n) is 37.6. The highest BCUT2D eigenvalue weighted by atomic mass is 32.1. The quantitative estimate of drug-likeness (QED) is 0.154. The van der Waals surface area contributed by atoms with Crippen molar-refractivity contribution >= 4 is 110 Å². The summed E-state index contributed by atoms with van der Waals surface area (Å²) in [5, 5.41) is 9.01. The maximum atomic E-state index is 7.69. The fourth-order valence-corrected chi connectivity index (χ4v) is 14.2. The van der Waals surface area contributed by atoms with Gasteiger partial charge in [-0.05, 0) is 117 Å². The average Bonchev–Trinajstić information content (AvgIpc) is 3.95. The van der Waals surface area contributed by atoms with E-state index < -0.39 is 0 Å². The molecular weight excluding hydrogens is 784 g/mol. The Morgan fingerprint density at radius 1 is 0.540 bits per heavy atom. The molecule has 14 rings (SSSR count). The summed E-state index contributed by atoms with van der Waals surface area (Å²) in [5.74, 6) is 0. The summed E-state index contributed by atoms with van der Waals surface area (Å²) in [6, 6.07) is 44.8. The van der Waals surface area contributed by atoms with E-state index in [9.17, 15) is 0 Å². The third kappa shape index (κ3) is 4.57. The van der Waals surface area contributed by atoms with Crippen LogP contribution < -0.4 is 16.0 Å². The first-order valence-corrected chi connectivity index (χ1v) is 24.0. The van der Waals surface area contributed by atoms with E-state index >= 15 is 0 Å². The first-order valence-electron chi connectivity index (χ1n) is 23.2. The lowest BCUT2D eigenvalue weighted by Crippen LogP contribution is -2.56. The van der Waals surface area contributed by atoms with Crippen LogP contribution in [0, 0.1) is 0 Å². The van der Waals surface area contributed by atoms with Gasteiger partial charge < -0.3 is 13.8 Å². The average molecular weight is 835 g/mol.